The molecule has 0 spiro atoms. The van der Waals surface area contributed by atoms with E-state index in [1.54, 1.807) is 0 Å². The Morgan fingerprint density at radius 3 is 2.50 bits per heavy atom. The number of ether oxygens (including phenoxy) is 1. The molecule has 5 nitrogen and oxygen atoms in total. The summed E-state index contributed by atoms with van der Waals surface area (Å²) in [5.74, 6) is 0. The van der Waals surface area contributed by atoms with Gasteiger partial charge in [0, 0.05) is 6.61 Å². The average molecular weight is 345 g/mol. The summed E-state index contributed by atoms with van der Waals surface area (Å²) < 4.78 is 52.5. The van der Waals surface area contributed by atoms with Crippen LogP contribution in [0.2, 0.25) is 0 Å². The Kier molecular flexibility index (Phi) is 7.49. The van der Waals surface area contributed by atoms with E-state index in [0.717, 1.165) is 12.1 Å². The number of aliphatic hydroxyl groups is 3. The van der Waals surface area contributed by atoms with Crippen molar-refractivity contribution in [3.63, 3.8) is 0 Å². The van der Waals surface area contributed by atoms with Gasteiger partial charge in [0.15, 0.2) is 0 Å². The van der Waals surface area contributed by atoms with E-state index in [2.05, 4.69) is 4.98 Å². The van der Waals surface area contributed by atoms with E-state index >= 15 is 0 Å². The van der Waals surface area contributed by atoms with E-state index in [-0.39, 0.29) is 23.8 Å². The number of pyridine rings is 1. The number of nitrogens with zero attached hydrogens (tertiary/aromatic N) is 1. The Hall–Kier alpha value is -0.940. The Balaban J connectivity index is 0.000000224. The molecule has 3 atom stereocenters. The van der Waals surface area contributed by atoms with Crippen molar-refractivity contribution in [3.05, 3.63) is 23.9 Å². The Morgan fingerprint density at radius 1 is 1.32 bits per heavy atom. The molecule has 1 aliphatic heterocycles. The molecule has 3 N–H and O–H groups in total. The van der Waals surface area contributed by atoms with Gasteiger partial charge in [0.25, 0.3) is 0 Å². The lowest BCUT2D eigenvalue weighted by atomic mass is 10.0. The van der Waals surface area contributed by atoms with Crippen LogP contribution >= 0.6 is 12.1 Å². The van der Waals surface area contributed by atoms with Crippen molar-refractivity contribution in [1.82, 2.24) is 4.98 Å². The zero-order chi connectivity index (χ0) is 16.8. The quantitative estimate of drug-likeness (QED) is 0.706. The summed E-state index contributed by atoms with van der Waals surface area (Å²) in [7, 11) is 0. The van der Waals surface area contributed by atoms with Crippen LogP contribution < -0.4 is 0 Å². The number of hydrogen-bond acceptors (Lipinski definition) is 6. The molecule has 0 aromatic carbocycles. The van der Waals surface area contributed by atoms with Gasteiger partial charge in [-0.3, -0.25) is 0 Å². The molecule has 0 saturated carbocycles. The van der Waals surface area contributed by atoms with E-state index in [9.17, 15) is 17.1 Å². The van der Waals surface area contributed by atoms with Crippen molar-refractivity contribution in [2.45, 2.75) is 35.9 Å². The van der Waals surface area contributed by atoms with Crippen molar-refractivity contribution in [2.24, 2.45) is 0 Å². The fourth-order valence-electron chi connectivity index (χ4n) is 1.63. The molecule has 1 aromatic heterocycles. The Labute approximate surface area is 128 Å². The maximum Gasteiger partial charge on any atom is 0.433 e. The first-order valence-electron chi connectivity index (χ1n) is 6.21. The highest BCUT2D eigenvalue weighted by Gasteiger charge is 2.32. The number of aromatic nitrogens is 1. The van der Waals surface area contributed by atoms with Crippen LogP contribution in [0.25, 0.3) is 0 Å². The molecule has 3 unspecified atom stereocenters. The van der Waals surface area contributed by atoms with Crippen molar-refractivity contribution >= 4 is 12.1 Å². The third kappa shape index (κ3) is 5.69. The van der Waals surface area contributed by atoms with Gasteiger partial charge in [-0.25, -0.2) is 4.98 Å². The van der Waals surface area contributed by atoms with Crippen molar-refractivity contribution in [3.8, 4) is 0 Å². The van der Waals surface area contributed by atoms with E-state index in [0.29, 0.717) is 13.0 Å². The predicted molar refractivity (Wildman–Crippen MR) is 69.7 cm³/mol. The lowest BCUT2D eigenvalue weighted by Gasteiger charge is -2.30. The maximum atomic E-state index is 11.9. The maximum absolute atomic E-state index is 11.9. The summed E-state index contributed by atoms with van der Waals surface area (Å²) in [6.45, 7) is 0.168. The van der Waals surface area contributed by atoms with Crippen molar-refractivity contribution < 1.29 is 37.1 Å². The molecule has 0 aliphatic carbocycles. The summed E-state index contributed by atoms with van der Waals surface area (Å²) in [4.78, 5) is 3.03. The van der Waals surface area contributed by atoms with Gasteiger partial charge in [-0.05, 0) is 18.6 Å². The van der Waals surface area contributed by atoms with Gasteiger partial charge in [-0.15, -0.1) is 0 Å². The van der Waals surface area contributed by atoms with Gasteiger partial charge in [-0.1, -0.05) is 6.07 Å². The van der Waals surface area contributed by atoms with Crippen molar-refractivity contribution in [1.29, 1.82) is 0 Å². The first kappa shape index (κ1) is 19.1. The minimum absolute atomic E-state index is 0.238. The van der Waals surface area contributed by atoms with Gasteiger partial charge in [0.05, 0.1) is 12.7 Å². The minimum atomic E-state index is -4.51. The molecule has 2 heterocycles. The lowest BCUT2D eigenvalue weighted by Crippen LogP contribution is -2.46. The zero-order valence-electron chi connectivity index (χ0n) is 11.2. The molecule has 1 aromatic rings. The van der Waals surface area contributed by atoms with Gasteiger partial charge in [0.2, 0.25) is 0 Å². The van der Waals surface area contributed by atoms with Gasteiger partial charge in [-0.2, -0.15) is 17.1 Å². The molecule has 1 fully saturated rings. The van der Waals surface area contributed by atoms with Crippen LogP contribution in [0.4, 0.5) is 17.1 Å². The monoisotopic (exact) mass is 345 g/mol. The Bertz CT molecular complexity index is 463. The van der Waals surface area contributed by atoms with Crippen LogP contribution in [0, 0.1) is 0 Å². The van der Waals surface area contributed by atoms with Crippen LogP contribution in [0.1, 0.15) is 12.1 Å². The number of hydrogen-bond donors (Lipinski definition) is 3. The zero-order valence-corrected chi connectivity index (χ0v) is 12.0. The van der Waals surface area contributed by atoms with Gasteiger partial charge < -0.3 is 20.1 Å². The fraction of sp³-hybridized carbons (Fsp3) is 0.583. The standard InChI is InChI=1S/C6H3F4NS.C6H12O4/c7-6(8,9)4-2-1-3-5(11-4)12-10;7-3-5-6(9)4(8)1-2-10-5/h1-3H;4-9H,1-3H2. The fourth-order valence-corrected chi connectivity index (χ4v) is 1.90. The first-order valence-corrected chi connectivity index (χ1v) is 6.92. The molecule has 0 amide bonds. The molecule has 22 heavy (non-hydrogen) atoms. The van der Waals surface area contributed by atoms with Crippen LogP contribution in [0.15, 0.2) is 23.2 Å². The molecule has 2 rings (SSSR count). The first-order chi connectivity index (χ1) is 10.3. The third-order valence-corrected chi connectivity index (χ3v) is 3.18. The smallest absolute Gasteiger partial charge is 0.394 e. The van der Waals surface area contributed by atoms with Gasteiger partial charge >= 0.3 is 6.18 Å². The van der Waals surface area contributed by atoms with Crippen LogP contribution in [0.5, 0.6) is 0 Å². The average Bonchev–Trinajstić information content (AvgIpc) is 2.50. The second-order valence-corrected chi connectivity index (χ2v) is 4.95. The molecular formula is C12H15F4NO4S. The second-order valence-electron chi connectivity index (χ2n) is 4.37. The van der Waals surface area contributed by atoms with Crippen LogP contribution in [-0.4, -0.2) is 51.8 Å². The summed E-state index contributed by atoms with van der Waals surface area (Å²) in [6.07, 6.45) is -6.35. The summed E-state index contributed by atoms with van der Waals surface area (Å²) in [5.41, 5.74) is -1.08. The minimum Gasteiger partial charge on any atom is -0.394 e. The van der Waals surface area contributed by atoms with Crippen molar-refractivity contribution in [2.75, 3.05) is 13.2 Å². The van der Waals surface area contributed by atoms with E-state index in [4.69, 9.17) is 20.1 Å². The molecule has 1 aliphatic rings. The highest BCUT2D eigenvalue weighted by Crippen LogP contribution is 2.29. The van der Waals surface area contributed by atoms with Gasteiger partial charge in [0.1, 0.15) is 35.1 Å². The molecule has 0 bridgehead atoms. The SMILES string of the molecule is FSc1cccc(C(F)(F)F)n1.OCC1OCCC(O)C1O. The molecule has 126 valence electrons. The highest BCUT2D eigenvalue weighted by molar-refractivity contribution is 7.94. The summed E-state index contributed by atoms with van der Waals surface area (Å²) >= 11 is -0.312. The number of rotatable bonds is 2. The molecular weight excluding hydrogens is 330 g/mol. The third-order valence-electron chi connectivity index (χ3n) is 2.79. The predicted octanol–water partition coefficient (Wildman–Crippen LogP) is 1.57. The molecule has 1 saturated heterocycles. The number of aliphatic hydroxyl groups excluding tert-OH is 3. The van der Waals surface area contributed by atoms with Crippen LogP contribution in [-0.2, 0) is 10.9 Å². The lowest BCUT2D eigenvalue weighted by molar-refractivity contribution is -0.147. The number of halogens is 4. The number of alkyl halides is 3. The van der Waals surface area contributed by atoms with E-state index < -0.39 is 30.2 Å². The van der Waals surface area contributed by atoms with Crippen LogP contribution in [0.3, 0.4) is 0 Å². The summed E-state index contributed by atoms with van der Waals surface area (Å²) in [5, 5.41) is 26.4. The summed E-state index contributed by atoms with van der Waals surface area (Å²) in [6, 6.07) is 3.07. The molecule has 0 radical (unpaired) electrons. The highest BCUT2D eigenvalue weighted by atomic mass is 32.2. The largest absolute Gasteiger partial charge is 0.433 e. The second kappa shape index (κ2) is 8.63. The van der Waals surface area contributed by atoms with E-state index in [1.165, 1.54) is 6.07 Å². The Morgan fingerprint density at radius 2 is 2.00 bits per heavy atom. The van der Waals surface area contributed by atoms with E-state index in [1.807, 2.05) is 0 Å². The normalized spacial score (nSPS) is 25.3. The molecule has 10 heteroatoms. The topological polar surface area (TPSA) is 82.8 Å².